The SMILES string of the molecule is CC(CCO)n1cc2c(N)nc3cc(C(=N)/C=C\N)ccc3c2n1. The average molecular weight is 324 g/mol. The molecule has 0 aliphatic rings. The summed E-state index contributed by atoms with van der Waals surface area (Å²) in [6.45, 7) is 2.10. The lowest BCUT2D eigenvalue weighted by molar-refractivity contribution is 0.258. The first-order valence-corrected chi connectivity index (χ1v) is 7.71. The minimum absolute atomic E-state index is 0.0685. The number of nitrogens with one attached hydrogen (secondary N) is 1. The first kappa shape index (κ1) is 15.9. The second kappa shape index (κ2) is 6.29. The fourth-order valence-corrected chi connectivity index (χ4v) is 2.70. The van der Waals surface area contributed by atoms with E-state index in [4.69, 9.17) is 22.0 Å². The number of nitrogen functional groups attached to an aromatic ring is 1. The summed E-state index contributed by atoms with van der Waals surface area (Å²) in [5.41, 5.74) is 13.9. The zero-order valence-electron chi connectivity index (χ0n) is 13.4. The molecule has 0 radical (unpaired) electrons. The molecule has 0 saturated heterocycles. The molecule has 0 bridgehead atoms. The van der Waals surface area contributed by atoms with Crippen molar-refractivity contribution in [1.82, 2.24) is 14.8 Å². The molecule has 3 aromatic rings. The fourth-order valence-electron chi connectivity index (χ4n) is 2.70. The Hall–Kier alpha value is -2.93. The third-order valence-electron chi connectivity index (χ3n) is 4.07. The van der Waals surface area contributed by atoms with Crippen LogP contribution in [0.15, 0.2) is 36.7 Å². The van der Waals surface area contributed by atoms with E-state index in [9.17, 15) is 0 Å². The average Bonchev–Trinajstić information content (AvgIpc) is 3.01. The highest BCUT2D eigenvalue weighted by Crippen LogP contribution is 2.29. The summed E-state index contributed by atoms with van der Waals surface area (Å²) >= 11 is 0. The van der Waals surface area contributed by atoms with Crippen LogP contribution in [0.4, 0.5) is 5.82 Å². The van der Waals surface area contributed by atoms with Gasteiger partial charge in [-0.1, -0.05) is 6.07 Å². The van der Waals surface area contributed by atoms with Crippen LogP contribution in [0, 0.1) is 5.41 Å². The van der Waals surface area contributed by atoms with Crippen molar-refractivity contribution in [1.29, 1.82) is 5.41 Å². The van der Waals surface area contributed by atoms with E-state index >= 15 is 0 Å². The number of rotatable bonds is 5. The lowest BCUT2D eigenvalue weighted by Crippen LogP contribution is -2.07. The van der Waals surface area contributed by atoms with E-state index in [1.165, 1.54) is 12.3 Å². The standard InChI is InChI=1S/C17H20N6O/c1-10(5-7-24)23-9-13-16(22-23)12-3-2-11(14(19)4-6-18)8-15(12)21-17(13)20/h2-4,6,8-10,19,24H,5,7,18H2,1H3,(H2,20,21)/b6-4-,19-14?. The Bertz CT molecular complexity index is 943. The molecule has 2 heterocycles. The van der Waals surface area contributed by atoms with E-state index < -0.39 is 0 Å². The highest BCUT2D eigenvalue weighted by Gasteiger charge is 2.14. The van der Waals surface area contributed by atoms with Gasteiger partial charge in [-0.25, -0.2) is 4.98 Å². The van der Waals surface area contributed by atoms with Crippen molar-refractivity contribution in [3.63, 3.8) is 0 Å². The second-order valence-electron chi connectivity index (χ2n) is 5.73. The molecule has 0 spiro atoms. The van der Waals surface area contributed by atoms with Gasteiger partial charge in [0.25, 0.3) is 0 Å². The van der Waals surface area contributed by atoms with E-state index in [1.54, 1.807) is 0 Å². The Morgan fingerprint density at radius 3 is 2.92 bits per heavy atom. The predicted octanol–water partition coefficient (Wildman–Crippen LogP) is 1.95. The van der Waals surface area contributed by atoms with Gasteiger partial charge < -0.3 is 22.0 Å². The minimum Gasteiger partial charge on any atom is -0.405 e. The van der Waals surface area contributed by atoms with Gasteiger partial charge in [-0.2, -0.15) is 5.10 Å². The largest absolute Gasteiger partial charge is 0.405 e. The Labute approximate surface area is 139 Å². The van der Waals surface area contributed by atoms with Crippen molar-refractivity contribution in [3.8, 4) is 0 Å². The minimum atomic E-state index is 0.0685. The number of nitrogens with zero attached hydrogens (tertiary/aromatic N) is 3. The number of aromatic nitrogens is 3. The van der Waals surface area contributed by atoms with E-state index in [1.807, 2.05) is 36.0 Å². The molecule has 1 aromatic carbocycles. The van der Waals surface area contributed by atoms with Gasteiger partial charge >= 0.3 is 0 Å². The number of hydrogen-bond acceptors (Lipinski definition) is 6. The lowest BCUT2D eigenvalue weighted by atomic mass is 10.1. The first-order chi connectivity index (χ1) is 11.5. The molecule has 6 N–H and O–H groups in total. The number of aliphatic hydroxyl groups excluding tert-OH is 1. The molecular formula is C17H20N6O. The van der Waals surface area contributed by atoms with Crippen molar-refractivity contribution in [2.45, 2.75) is 19.4 Å². The lowest BCUT2D eigenvalue weighted by Gasteiger charge is -2.09. The smallest absolute Gasteiger partial charge is 0.135 e. The molecule has 0 aliphatic heterocycles. The Morgan fingerprint density at radius 1 is 1.42 bits per heavy atom. The molecule has 0 fully saturated rings. The highest BCUT2D eigenvalue weighted by molar-refractivity contribution is 6.12. The number of pyridine rings is 1. The van der Waals surface area contributed by atoms with E-state index in [-0.39, 0.29) is 12.6 Å². The molecule has 2 aromatic heterocycles. The summed E-state index contributed by atoms with van der Waals surface area (Å²) in [7, 11) is 0. The third-order valence-corrected chi connectivity index (χ3v) is 4.07. The molecular weight excluding hydrogens is 304 g/mol. The van der Waals surface area contributed by atoms with Crippen LogP contribution in [-0.4, -0.2) is 32.2 Å². The van der Waals surface area contributed by atoms with Gasteiger partial charge in [0.15, 0.2) is 0 Å². The van der Waals surface area contributed by atoms with Crippen LogP contribution >= 0.6 is 0 Å². The molecule has 0 aliphatic carbocycles. The number of allylic oxidation sites excluding steroid dienone is 1. The molecule has 7 nitrogen and oxygen atoms in total. The summed E-state index contributed by atoms with van der Waals surface area (Å²) in [4.78, 5) is 4.45. The van der Waals surface area contributed by atoms with Crippen LogP contribution in [0.2, 0.25) is 0 Å². The van der Waals surface area contributed by atoms with Crippen LogP contribution in [0.1, 0.15) is 24.9 Å². The summed E-state index contributed by atoms with van der Waals surface area (Å²) in [6.07, 6.45) is 5.34. The molecule has 1 unspecified atom stereocenters. The monoisotopic (exact) mass is 324 g/mol. The number of fused-ring (bicyclic) bond motifs is 3. The summed E-state index contributed by atoms with van der Waals surface area (Å²) in [5, 5.41) is 23.4. The van der Waals surface area contributed by atoms with Crippen molar-refractivity contribution in [2.75, 3.05) is 12.3 Å². The zero-order valence-corrected chi connectivity index (χ0v) is 13.4. The predicted molar refractivity (Wildman–Crippen MR) is 96.0 cm³/mol. The number of benzene rings is 1. The Morgan fingerprint density at radius 2 is 2.21 bits per heavy atom. The molecule has 1 atom stereocenters. The van der Waals surface area contributed by atoms with Gasteiger partial charge in [0.05, 0.1) is 22.7 Å². The number of aliphatic hydroxyl groups is 1. The first-order valence-electron chi connectivity index (χ1n) is 7.71. The van der Waals surface area contributed by atoms with E-state index in [2.05, 4.69) is 10.1 Å². The summed E-state index contributed by atoms with van der Waals surface area (Å²) in [5.74, 6) is 0.401. The van der Waals surface area contributed by atoms with Gasteiger partial charge in [-0.3, -0.25) is 4.68 Å². The van der Waals surface area contributed by atoms with Gasteiger partial charge in [-0.15, -0.1) is 0 Å². The van der Waals surface area contributed by atoms with Gasteiger partial charge in [0.1, 0.15) is 11.3 Å². The van der Waals surface area contributed by atoms with Crippen LogP contribution in [0.25, 0.3) is 21.8 Å². The van der Waals surface area contributed by atoms with Gasteiger partial charge in [-0.05, 0) is 37.8 Å². The van der Waals surface area contributed by atoms with E-state index in [0.717, 1.165) is 16.3 Å². The second-order valence-corrected chi connectivity index (χ2v) is 5.73. The summed E-state index contributed by atoms with van der Waals surface area (Å²) < 4.78 is 1.81. The Kier molecular flexibility index (Phi) is 4.18. The fraction of sp³-hybridized carbons (Fsp3) is 0.235. The maximum absolute atomic E-state index is 9.11. The van der Waals surface area contributed by atoms with Crippen LogP contribution < -0.4 is 11.5 Å². The molecule has 0 amide bonds. The van der Waals surface area contributed by atoms with Crippen molar-refractivity contribution in [3.05, 3.63) is 42.2 Å². The van der Waals surface area contributed by atoms with Gasteiger partial charge in [0.2, 0.25) is 0 Å². The van der Waals surface area contributed by atoms with Crippen LogP contribution in [0.5, 0.6) is 0 Å². The quantitative estimate of drug-likeness (QED) is 0.533. The normalized spacial score (nSPS) is 13.1. The number of anilines is 1. The topological polar surface area (TPSA) is 127 Å². The van der Waals surface area contributed by atoms with E-state index in [0.29, 0.717) is 29.0 Å². The van der Waals surface area contributed by atoms with Crippen LogP contribution in [-0.2, 0) is 0 Å². The molecule has 0 saturated carbocycles. The molecule has 24 heavy (non-hydrogen) atoms. The van der Waals surface area contributed by atoms with Crippen molar-refractivity contribution < 1.29 is 5.11 Å². The molecule has 7 heteroatoms. The maximum Gasteiger partial charge on any atom is 0.135 e. The number of hydrogen-bond donors (Lipinski definition) is 4. The highest BCUT2D eigenvalue weighted by atomic mass is 16.3. The maximum atomic E-state index is 9.11. The Balaban J connectivity index is 2.17. The molecule has 3 rings (SSSR count). The van der Waals surface area contributed by atoms with Crippen LogP contribution in [0.3, 0.4) is 0 Å². The van der Waals surface area contributed by atoms with Gasteiger partial charge in [0, 0.05) is 23.8 Å². The van der Waals surface area contributed by atoms with Crippen molar-refractivity contribution >= 4 is 33.3 Å². The number of nitrogens with two attached hydrogens (primary N) is 2. The third kappa shape index (κ3) is 2.69. The van der Waals surface area contributed by atoms with Crippen molar-refractivity contribution in [2.24, 2.45) is 5.73 Å². The zero-order chi connectivity index (χ0) is 17.3. The summed E-state index contributed by atoms with van der Waals surface area (Å²) in [6, 6.07) is 5.62. The molecule has 124 valence electrons.